The highest BCUT2D eigenvalue weighted by atomic mass is 15.1. The van der Waals surface area contributed by atoms with Gasteiger partial charge in [0.05, 0.1) is 0 Å². The minimum Gasteiger partial charge on any atom is -0.371 e. The van der Waals surface area contributed by atoms with E-state index in [4.69, 9.17) is 0 Å². The summed E-state index contributed by atoms with van der Waals surface area (Å²) in [7, 11) is 0. The Hall–Kier alpha value is -1.09. The zero-order valence-corrected chi connectivity index (χ0v) is 13.1. The lowest BCUT2D eigenvalue weighted by atomic mass is 10.1. The van der Waals surface area contributed by atoms with Gasteiger partial charge in [-0.1, -0.05) is 33.1 Å². The fraction of sp³-hybridized carbons (Fsp3) is 0.706. The second kappa shape index (κ2) is 8.25. The largest absolute Gasteiger partial charge is 0.371 e. The third kappa shape index (κ3) is 4.78. The molecular weight excluding hydrogens is 246 g/mol. The molecule has 0 atom stereocenters. The third-order valence-electron chi connectivity index (χ3n) is 3.94. The minimum atomic E-state index is 0.692. The van der Waals surface area contributed by atoms with Gasteiger partial charge in [0, 0.05) is 43.3 Å². The molecule has 0 radical (unpaired) electrons. The van der Waals surface area contributed by atoms with E-state index in [-0.39, 0.29) is 0 Å². The van der Waals surface area contributed by atoms with Crippen LogP contribution in [0.1, 0.15) is 51.5 Å². The van der Waals surface area contributed by atoms with Crippen molar-refractivity contribution in [3.8, 4) is 0 Å². The molecule has 20 heavy (non-hydrogen) atoms. The molecule has 0 spiro atoms. The summed E-state index contributed by atoms with van der Waals surface area (Å²) in [5, 5.41) is 3.54. The summed E-state index contributed by atoms with van der Waals surface area (Å²) in [5.41, 5.74) is 2.73. The SMILES string of the molecule is CC(C)CNCc1cnccc1N1CCCCCCC1. The molecule has 1 aliphatic heterocycles. The molecule has 0 amide bonds. The monoisotopic (exact) mass is 275 g/mol. The Labute approximate surface area is 123 Å². The highest BCUT2D eigenvalue weighted by molar-refractivity contribution is 5.52. The van der Waals surface area contributed by atoms with Crippen LogP contribution in [0.15, 0.2) is 18.5 Å². The number of aromatic nitrogens is 1. The van der Waals surface area contributed by atoms with E-state index < -0.39 is 0 Å². The maximum absolute atomic E-state index is 4.31. The summed E-state index contributed by atoms with van der Waals surface area (Å²) in [5.74, 6) is 0.692. The first-order valence-electron chi connectivity index (χ1n) is 8.16. The van der Waals surface area contributed by atoms with Crippen molar-refractivity contribution in [1.29, 1.82) is 0 Å². The topological polar surface area (TPSA) is 28.2 Å². The number of pyridine rings is 1. The lowest BCUT2D eigenvalue weighted by Crippen LogP contribution is -2.29. The molecule has 2 rings (SSSR count). The Kier molecular flexibility index (Phi) is 6.31. The van der Waals surface area contributed by atoms with Crippen LogP contribution in [0, 0.1) is 5.92 Å². The average molecular weight is 275 g/mol. The quantitative estimate of drug-likeness (QED) is 0.890. The molecule has 3 nitrogen and oxygen atoms in total. The van der Waals surface area contributed by atoms with Crippen molar-refractivity contribution >= 4 is 5.69 Å². The van der Waals surface area contributed by atoms with Crippen LogP contribution in [0.5, 0.6) is 0 Å². The Bertz CT molecular complexity index is 382. The van der Waals surface area contributed by atoms with Gasteiger partial charge in [0.25, 0.3) is 0 Å². The Morgan fingerprint density at radius 3 is 2.55 bits per heavy atom. The van der Waals surface area contributed by atoms with Crippen LogP contribution >= 0.6 is 0 Å². The van der Waals surface area contributed by atoms with Crippen LogP contribution in [0.4, 0.5) is 5.69 Å². The van der Waals surface area contributed by atoms with Gasteiger partial charge in [-0.3, -0.25) is 4.98 Å². The molecule has 0 unspecified atom stereocenters. The van der Waals surface area contributed by atoms with Gasteiger partial charge in [-0.25, -0.2) is 0 Å². The normalized spacial score (nSPS) is 17.1. The van der Waals surface area contributed by atoms with Gasteiger partial charge < -0.3 is 10.2 Å². The van der Waals surface area contributed by atoms with E-state index in [0.29, 0.717) is 5.92 Å². The van der Waals surface area contributed by atoms with Crippen LogP contribution in [-0.2, 0) is 6.54 Å². The van der Waals surface area contributed by atoms with Crippen molar-refractivity contribution in [3.63, 3.8) is 0 Å². The van der Waals surface area contributed by atoms with Crippen molar-refractivity contribution in [2.24, 2.45) is 5.92 Å². The molecule has 1 aromatic heterocycles. The predicted octanol–water partition coefficient (Wildman–Crippen LogP) is 3.60. The summed E-state index contributed by atoms with van der Waals surface area (Å²) in [6.45, 7) is 8.87. The second-order valence-corrected chi connectivity index (χ2v) is 6.28. The van der Waals surface area contributed by atoms with Crippen LogP contribution in [0.25, 0.3) is 0 Å². The third-order valence-corrected chi connectivity index (χ3v) is 3.94. The second-order valence-electron chi connectivity index (χ2n) is 6.28. The molecule has 1 fully saturated rings. The van der Waals surface area contributed by atoms with Gasteiger partial charge in [-0.2, -0.15) is 0 Å². The molecule has 1 saturated heterocycles. The molecule has 0 aromatic carbocycles. The van der Waals surface area contributed by atoms with Gasteiger partial charge in [0.15, 0.2) is 0 Å². The van der Waals surface area contributed by atoms with Gasteiger partial charge in [-0.05, 0) is 31.4 Å². The van der Waals surface area contributed by atoms with Crippen LogP contribution in [-0.4, -0.2) is 24.6 Å². The number of anilines is 1. The van der Waals surface area contributed by atoms with Crippen molar-refractivity contribution in [2.75, 3.05) is 24.5 Å². The van der Waals surface area contributed by atoms with E-state index in [2.05, 4.69) is 35.1 Å². The first-order chi connectivity index (χ1) is 9.77. The number of rotatable bonds is 5. The maximum Gasteiger partial charge on any atom is 0.0442 e. The van der Waals surface area contributed by atoms with Crippen molar-refractivity contribution in [2.45, 2.75) is 52.5 Å². The first-order valence-corrected chi connectivity index (χ1v) is 8.16. The standard InChI is InChI=1S/C17H29N3/c1-15(2)12-19-14-16-13-18-9-8-17(16)20-10-6-4-3-5-7-11-20/h8-9,13,15,19H,3-7,10-12,14H2,1-2H3. The highest BCUT2D eigenvalue weighted by Crippen LogP contribution is 2.22. The van der Waals surface area contributed by atoms with E-state index in [0.717, 1.165) is 13.1 Å². The fourth-order valence-electron chi connectivity index (χ4n) is 2.85. The van der Waals surface area contributed by atoms with Crippen LogP contribution < -0.4 is 10.2 Å². The summed E-state index contributed by atoms with van der Waals surface area (Å²) >= 11 is 0. The van der Waals surface area contributed by atoms with Crippen molar-refractivity contribution < 1.29 is 0 Å². The molecule has 112 valence electrons. The van der Waals surface area contributed by atoms with Crippen LogP contribution in [0.2, 0.25) is 0 Å². The van der Waals surface area contributed by atoms with E-state index >= 15 is 0 Å². The Morgan fingerprint density at radius 2 is 1.85 bits per heavy atom. The predicted molar refractivity (Wildman–Crippen MR) is 86.1 cm³/mol. The first kappa shape index (κ1) is 15.3. The van der Waals surface area contributed by atoms with Gasteiger partial charge >= 0.3 is 0 Å². The summed E-state index contributed by atoms with van der Waals surface area (Å²) in [4.78, 5) is 6.88. The van der Waals surface area contributed by atoms with Crippen LogP contribution in [0.3, 0.4) is 0 Å². The summed E-state index contributed by atoms with van der Waals surface area (Å²) in [6, 6.07) is 2.19. The van der Waals surface area contributed by atoms with Gasteiger partial charge in [0.1, 0.15) is 0 Å². The van der Waals surface area contributed by atoms with E-state index in [9.17, 15) is 0 Å². The molecule has 1 aromatic rings. The highest BCUT2D eigenvalue weighted by Gasteiger charge is 2.12. The Balaban J connectivity index is 2.01. The zero-order chi connectivity index (χ0) is 14.2. The van der Waals surface area contributed by atoms with Crippen molar-refractivity contribution in [1.82, 2.24) is 10.3 Å². The average Bonchev–Trinajstić information content (AvgIpc) is 2.39. The fourth-order valence-corrected chi connectivity index (χ4v) is 2.85. The Morgan fingerprint density at radius 1 is 1.15 bits per heavy atom. The number of nitrogens with zero attached hydrogens (tertiary/aromatic N) is 2. The molecule has 3 heteroatoms. The summed E-state index contributed by atoms with van der Waals surface area (Å²) < 4.78 is 0. The minimum absolute atomic E-state index is 0.692. The smallest absolute Gasteiger partial charge is 0.0442 e. The van der Waals surface area contributed by atoms with E-state index in [1.165, 1.54) is 56.4 Å². The lowest BCUT2D eigenvalue weighted by molar-refractivity contribution is 0.543. The molecule has 1 aliphatic rings. The molecule has 2 heterocycles. The van der Waals surface area contributed by atoms with Gasteiger partial charge in [-0.15, -0.1) is 0 Å². The lowest BCUT2D eigenvalue weighted by Gasteiger charge is -2.28. The van der Waals surface area contributed by atoms with Crippen molar-refractivity contribution in [3.05, 3.63) is 24.0 Å². The zero-order valence-electron chi connectivity index (χ0n) is 13.1. The molecule has 0 saturated carbocycles. The molecule has 1 N–H and O–H groups in total. The number of hydrogen-bond donors (Lipinski definition) is 1. The number of nitrogens with one attached hydrogen (secondary N) is 1. The summed E-state index contributed by atoms with van der Waals surface area (Å²) in [6.07, 6.45) is 10.8. The van der Waals surface area contributed by atoms with E-state index in [1.807, 2.05) is 12.4 Å². The maximum atomic E-state index is 4.31. The molecule has 0 bridgehead atoms. The van der Waals surface area contributed by atoms with E-state index in [1.54, 1.807) is 0 Å². The van der Waals surface area contributed by atoms with Gasteiger partial charge in [0.2, 0.25) is 0 Å². The molecule has 0 aliphatic carbocycles. The molecular formula is C17H29N3. The number of hydrogen-bond acceptors (Lipinski definition) is 3.